The number of ether oxygens (including phenoxy) is 1. The number of carbonyl (C=O) groups is 1. The Labute approximate surface area is 137 Å². The molecule has 0 aliphatic carbocycles. The third-order valence-electron chi connectivity index (χ3n) is 4.02. The molecule has 0 saturated carbocycles. The summed E-state index contributed by atoms with van der Waals surface area (Å²) < 4.78 is 12.5. The lowest BCUT2D eigenvalue weighted by molar-refractivity contribution is 0.0662. The molecule has 1 aliphatic heterocycles. The zero-order chi connectivity index (χ0) is 16.4. The predicted molar refractivity (Wildman–Crippen MR) is 85.6 cm³/mol. The molecular weight excluding hydrogens is 310 g/mol. The molecule has 8 heteroatoms. The van der Waals surface area contributed by atoms with Gasteiger partial charge in [0.25, 0.3) is 5.91 Å². The van der Waals surface area contributed by atoms with Crippen LogP contribution in [0, 0.1) is 0 Å². The summed E-state index contributed by atoms with van der Waals surface area (Å²) >= 11 is 0. The summed E-state index contributed by atoms with van der Waals surface area (Å²) in [5, 5.41) is 14.0. The van der Waals surface area contributed by atoms with E-state index in [-0.39, 0.29) is 5.91 Å². The van der Waals surface area contributed by atoms with E-state index in [0.717, 1.165) is 26.1 Å². The van der Waals surface area contributed by atoms with Crippen LogP contribution in [0.25, 0.3) is 11.5 Å². The van der Waals surface area contributed by atoms with Crippen molar-refractivity contribution in [3.8, 4) is 11.5 Å². The van der Waals surface area contributed by atoms with Crippen LogP contribution >= 0.6 is 0 Å². The maximum absolute atomic E-state index is 12.3. The third-order valence-corrected chi connectivity index (χ3v) is 4.02. The van der Waals surface area contributed by atoms with Crippen LogP contribution in [0.3, 0.4) is 0 Å². The van der Waals surface area contributed by atoms with E-state index in [0.29, 0.717) is 28.9 Å². The van der Waals surface area contributed by atoms with E-state index in [1.165, 1.54) is 0 Å². The Morgan fingerprint density at radius 3 is 3.04 bits per heavy atom. The summed E-state index contributed by atoms with van der Waals surface area (Å²) in [7, 11) is 0. The largest absolute Gasteiger partial charge is 0.463 e. The Bertz CT molecular complexity index is 815. The Balaban J connectivity index is 1.43. The molecule has 1 fully saturated rings. The van der Waals surface area contributed by atoms with Crippen molar-refractivity contribution in [2.75, 3.05) is 18.5 Å². The molecule has 1 saturated heterocycles. The number of furan rings is 1. The van der Waals surface area contributed by atoms with Gasteiger partial charge in [0.1, 0.15) is 5.69 Å². The second-order valence-electron chi connectivity index (χ2n) is 5.65. The zero-order valence-corrected chi connectivity index (χ0v) is 12.9. The molecule has 0 spiro atoms. The number of aromatic nitrogens is 4. The minimum Gasteiger partial charge on any atom is -0.463 e. The van der Waals surface area contributed by atoms with Crippen LogP contribution < -0.4 is 5.32 Å². The third kappa shape index (κ3) is 2.95. The predicted octanol–water partition coefficient (Wildman–Crippen LogP) is 2.47. The zero-order valence-electron chi connectivity index (χ0n) is 12.9. The fourth-order valence-electron chi connectivity index (χ4n) is 2.74. The molecule has 124 valence electrons. The molecule has 4 heterocycles. The highest BCUT2D eigenvalue weighted by molar-refractivity contribution is 6.03. The molecule has 0 radical (unpaired) electrons. The SMILES string of the molecule is O=C(Nc1cnn(C2CCOCC2)c1)c1cc(-c2ccco2)[nH]n1. The molecule has 0 unspecified atom stereocenters. The molecule has 1 amide bonds. The maximum Gasteiger partial charge on any atom is 0.276 e. The monoisotopic (exact) mass is 327 g/mol. The van der Waals surface area contributed by atoms with Gasteiger partial charge in [-0.3, -0.25) is 14.6 Å². The van der Waals surface area contributed by atoms with E-state index in [9.17, 15) is 4.79 Å². The molecule has 0 bridgehead atoms. The smallest absolute Gasteiger partial charge is 0.276 e. The van der Waals surface area contributed by atoms with Crippen LogP contribution in [0.1, 0.15) is 29.4 Å². The first-order valence-electron chi connectivity index (χ1n) is 7.82. The number of hydrogen-bond acceptors (Lipinski definition) is 5. The maximum atomic E-state index is 12.3. The van der Waals surface area contributed by atoms with E-state index in [4.69, 9.17) is 9.15 Å². The molecule has 1 aliphatic rings. The van der Waals surface area contributed by atoms with Gasteiger partial charge in [-0.15, -0.1) is 0 Å². The quantitative estimate of drug-likeness (QED) is 0.767. The number of anilines is 1. The molecule has 8 nitrogen and oxygen atoms in total. The highest BCUT2D eigenvalue weighted by atomic mass is 16.5. The van der Waals surface area contributed by atoms with Gasteiger partial charge in [0.15, 0.2) is 11.5 Å². The molecule has 3 aromatic rings. The molecule has 0 atom stereocenters. The number of nitrogens with one attached hydrogen (secondary N) is 2. The van der Waals surface area contributed by atoms with Gasteiger partial charge in [-0.2, -0.15) is 10.2 Å². The average molecular weight is 327 g/mol. The highest BCUT2D eigenvalue weighted by Crippen LogP contribution is 2.22. The molecular formula is C16H17N5O3. The number of carbonyl (C=O) groups excluding carboxylic acids is 1. The van der Waals surface area contributed by atoms with Crippen molar-refractivity contribution in [2.24, 2.45) is 0 Å². The minimum absolute atomic E-state index is 0.292. The van der Waals surface area contributed by atoms with Crippen molar-refractivity contribution in [1.29, 1.82) is 0 Å². The molecule has 0 aromatic carbocycles. The molecule has 2 N–H and O–H groups in total. The lowest BCUT2D eigenvalue weighted by Gasteiger charge is -2.22. The van der Waals surface area contributed by atoms with Gasteiger partial charge in [-0.25, -0.2) is 0 Å². The van der Waals surface area contributed by atoms with E-state index in [2.05, 4.69) is 20.6 Å². The topological polar surface area (TPSA) is 98.0 Å². The van der Waals surface area contributed by atoms with Gasteiger partial charge in [0, 0.05) is 25.5 Å². The number of nitrogens with zero attached hydrogens (tertiary/aromatic N) is 3. The lowest BCUT2D eigenvalue weighted by atomic mass is 10.1. The lowest BCUT2D eigenvalue weighted by Crippen LogP contribution is -2.19. The summed E-state index contributed by atoms with van der Waals surface area (Å²) in [5.41, 5.74) is 1.59. The molecule has 4 rings (SSSR count). The highest BCUT2D eigenvalue weighted by Gasteiger charge is 2.18. The van der Waals surface area contributed by atoms with Crippen molar-refractivity contribution in [2.45, 2.75) is 18.9 Å². The van der Waals surface area contributed by atoms with Crippen molar-refractivity contribution in [3.05, 3.63) is 42.5 Å². The number of aromatic amines is 1. The first kappa shape index (κ1) is 14.7. The summed E-state index contributed by atoms with van der Waals surface area (Å²) in [6, 6.07) is 5.55. The van der Waals surface area contributed by atoms with Crippen LogP contribution in [0.4, 0.5) is 5.69 Å². The average Bonchev–Trinajstić information content (AvgIpc) is 3.36. The van der Waals surface area contributed by atoms with Gasteiger partial charge in [0.05, 0.1) is 24.2 Å². The van der Waals surface area contributed by atoms with Gasteiger partial charge in [-0.05, 0) is 25.0 Å². The van der Waals surface area contributed by atoms with E-state index in [1.807, 2.05) is 10.9 Å². The van der Waals surface area contributed by atoms with Crippen molar-refractivity contribution in [3.63, 3.8) is 0 Å². The van der Waals surface area contributed by atoms with Crippen LogP contribution in [0.5, 0.6) is 0 Å². The number of H-pyrrole nitrogens is 1. The fourth-order valence-corrected chi connectivity index (χ4v) is 2.74. The summed E-state index contributed by atoms with van der Waals surface area (Å²) in [6.45, 7) is 1.49. The summed E-state index contributed by atoms with van der Waals surface area (Å²) in [5.74, 6) is 0.337. The Morgan fingerprint density at radius 2 is 2.25 bits per heavy atom. The Hall–Kier alpha value is -2.87. The van der Waals surface area contributed by atoms with Gasteiger partial charge >= 0.3 is 0 Å². The fraction of sp³-hybridized carbons (Fsp3) is 0.312. The van der Waals surface area contributed by atoms with Crippen LogP contribution in [0.2, 0.25) is 0 Å². The Morgan fingerprint density at radius 1 is 1.38 bits per heavy atom. The van der Waals surface area contributed by atoms with Gasteiger partial charge < -0.3 is 14.5 Å². The van der Waals surface area contributed by atoms with E-state index < -0.39 is 0 Å². The first-order chi connectivity index (χ1) is 11.8. The van der Waals surface area contributed by atoms with Crippen LogP contribution in [-0.4, -0.2) is 39.1 Å². The van der Waals surface area contributed by atoms with Crippen molar-refractivity contribution >= 4 is 11.6 Å². The second kappa shape index (κ2) is 6.32. The second-order valence-corrected chi connectivity index (χ2v) is 5.65. The van der Waals surface area contributed by atoms with E-state index in [1.54, 1.807) is 30.7 Å². The Kier molecular flexibility index (Phi) is 3.87. The summed E-state index contributed by atoms with van der Waals surface area (Å²) in [4.78, 5) is 12.3. The summed E-state index contributed by atoms with van der Waals surface area (Å²) in [6.07, 6.45) is 6.92. The number of amides is 1. The van der Waals surface area contributed by atoms with Gasteiger partial charge in [-0.1, -0.05) is 0 Å². The normalized spacial score (nSPS) is 15.5. The van der Waals surface area contributed by atoms with Crippen LogP contribution in [-0.2, 0) is 4.74 Å². The molecule has 24 heavy (non-hydrogen) atoms. The minimum atomic E-state index is -0.296. The van der Waals surface area contributed by atoms with Gasteiger partial charge in [0.2, 0.25) is 0 Å². The van der Waals surface area contributed by atoms with Crippen LogP contribution in [0.15, 0.2) is 41.3 Å². The standard InChI is InChI=1S/C16H17N5O3/c22-16(14-8-13(19-20-14)15-2-1-5-24-15)18-11-9-17-21(10-11)12-3-6-23-7-4-12/h1-2,5,8-10,12H,3-4,6-7H2,(H,18,22)(H,19,20). The molecule has 3 aromatic heterocycles. The number of rotatable bonds is 4. The first-order valence-corrected chi connectivity index (χ1v) is 7.82. The van der Waals surface area contributed by atoms with E-state index >= 15 is 0 Å². The van der Waals surface area contributed by atoms with Crippen molar-refractivity contribution in [1.82, 2.24) is 20.0 Å². The van der Waals surface area contributed by atoms with Crippen molar-refractivity contribution < 1.29 is 13.9 Å². The number of hydrogen-bond donors (Lipinski definition) is 2.